The Balaban J connectivity index is 0.000000531. The average Bonchev–Trinajstić information content (AvgIpc) is 2.46. The first-order valence-corrected chi connectivity index (χ1v) is 6.11. The molecule has 2 rings (SSSR count). The molecule has 1 N–H and O–H groups in total. The van der Waals surface area contributed by atoms with E-state index in [1.165, 1.54) is 0 Å². The van der Waals surface area contributed by atoms with Gasteiger partial charge in [0.05, 0.1) is 6.04 Å². The summed E-state index contributed by atoms with van der Waals surface area (Å²) >= 11 is 0. The van der Waals surface area contributed by atoms with Crippen LogP contribution in [0.3, 0.4) is 0 Å². The summed E-state index contributed by atoms with van der Waals surface area (Å²) < 4.78 is 0. The lowest BCUT2D eigenvalue weighted by atomic mass is 9.93. The molecule has 0 radical (unpaired) electrons. The van der Waals surface area contributed by atoms with Crippen molar-refractivity contribution in [3.63, 3.8) is 0 Å². The Labute approximate surface area is 93.2 Å². The molecule has 0 aromatic rings. The Morgan fingerprint density at radius 2 is 2.00 bits per heavy atom. The van der Waals surface area contributed by atoms with Gasteiger partial charge in [0.15, 0.2) is 0 Å². The van der Waals surface area contributed by atoms with Gasteiger partial charge in [0, 0.05) is 13.1 Å². The molecular formula is C12H24N2O. The largest absolute Gasteiger partial charge is 0.341 e. The molecule has 2 heterocycles. The first kappa shape index (κ1) is 12.5. The number of hydrogen-bond acceptors (Lipinski definition) is 2. The highest BCUT2D eigenvalue weighted by molar-refractivity contribution is 5.83. The quantitative estimate of drug-likeness (QED) is 0.716. The lowest BCUT2D eigenvalue weighted by molar-refractivity contribution is -0.134. The molecule has 0 aromatic carbocycles. The van der Waals surface area contributed by atoms with E-state index in [-0.39, 0.29) is 6.04 Å². The van der Waals surface area contributed by atoms with Gasteiger partial charge >= 0.3 is 0 Å². The van der Waals surface area contributed by atoms with E-state index in [1.807, 2.05) is 18.7 Å². The Morgan fingerprint density at radius 1 is 1.40 bits per heavy atom. The van der Waals surface area contributed by atoms with Gasteiger partial charge in [0.25, 0.3) is 0 Å². The molecule has 0 bridgehead atoms. The van der Waals surface area contributed by atoms with Crippen LogP contribution < -0.4 is 5.32 Å². The van der Waals surface area contributed by atoms with E-state index >= 15 is 0 Å². The average molecular weight is 212 g/mol. The molecule has 0 saturated carbocycles. The van der Waals surface area contributed by atoms with E-state index in [1.54, 1.807) is 0 Å². The SMILES string of the molecule is CC.CC1(C)CCN(C(=O)C2CCN2)C1. The van der Waals surface area contributed by atoms with Crippen molar-refractivity contribution in [1.29, 1.82) is 0 Å². The van der Waals surface area contributed by atoms with Crippen molar-refractivity contribution >= 4 is 5.91 Å². The van der Waals surface area contributed by atoms with Crippen LogP contribution in [0.15, 0.2) is 0 Å². The van der Waals surface area contributed by atoms with Crippen molar-refractivity contribution in [2.75, 3.05) is 19.6 Å². The third-order valence-corrected chi connectivity index (χ3v) is 3.11. The number of carbonyl (C=O) groups is 1. The van der Waals surface area contributed by atoms with Crippen molar-refractivity contribution in [1.82, 2.24) is 10.2 Å². The third-order valence-electron chi connectivity index (χ3n) is 3.11. The number of nitrogens with zero attached hydrogens (tertiary/aromatic N) is 1. The van der Waals surface area contributed by atoms with Gasteiger partial charge in [-0.1, -0.05) is 27.7 Å². The Bertz CT molecular complexity index is 222. The molecular weight excluding hydrogens is 188 g/mol. The first-order valence-electron chi connectivity index (χ1n) is 6.11. The summed E-state index contributed by atoms with van der Waals surface area (Å²) in [5.74, 6) is 0.317. The zero-order chi connectivity index (χ0) is 11.5. The number of carbonyl (C=O) groups excluding carboxylic acids is 1. The monoisotopic (exact) mass is 212 g/mol. The second-order valence-electron chi connectivity index (χ2n) is 4.97. The molecule has 3 nitrogen and oxygen atoms in total. The van der Waals surface area contributed by atoms with Crippen LogP contribution in [0.1, 0.15) is 40.5 Å². The minimum absolute atomic E-state index is 0.133. The summed E-state index contributed by atoms with van der Waals surface area (Å²) in [5, 5.41) is 3.16. The first-order chi connectivity index (χ1) is 7.08. The van der Waals surface area contributed by atoms with Crippen molar-refractivity contribution in [3.8, 4) is 0 Å². The van der Waals surface area contributed by atoms with Crippen molar-refractivity contribution in [3.05, 3.63) is 0 Å². The lowest BCUT2D eigenvalue weighted by Gasteiger charge is -2.31. The maximum Gasteiger partial charge on any atom is 0.239 e. The number of hydrogen-bond donors (Lipinski definition) is 1. The van der Waals surface area contributed by atoms with Gasteiger partial charge in [-0.3, -0.25) is 4.79 Å². The van der Waals surface area contributed by atoms with E-state index < -0.39 is 0 Å². The molecule has 88 valence electrons. The third kappa shape index (κ3) is 2.94. The summed E-state index contributed by atoms with van der Waals surface area (Å²) in [5.41, 5.74) is 0.333. The summed E-state index contributed by atoms with van der Waals surface area (Å²) in [6.45, 7) is 11.4. The van der Waals surface area contributed by atoms with E-state index in [0.29, 0.717) is 11.3 Å². The topological polar surface area (TPSA) is 32.3 Å². The molecule has 0 aromatic heterocycles. The molecule has 1 unspecified atom stereocenters. The highest BCUT2D eigenvalue weighted by Crippen LogP contribution is 2.29. The number of amides is 1. The van der Waals surface area contributed by atoms with Crippen LogP contribution in [0.2, 0.25) is 0 Å². The van der Waals surface area contributed by atoms with E-state index in [2.05, 4.69) is 19.2 Å². The molecule has 2 aliphatic heterocycles. The Morgan fingerprint density at radius 3 is 2.33 bits per heavy atom. The number of likely N-dealkylation sites (tertiary alicyclic amines) is 1. The van der Waals surface area contributed by atoms with Gasteiger partial charge in [0.2, 0.25) is 5.91 Å². The second-order valence-corrected chi connectivity index (χ2v) is 4.97. The Hall–Kier alpha value is -0.570. The van der Waals surface area contributed by atoms with Crippen LogP contribution >= 0.6 is 0 Å². The van der Waals surface area contributed by atoms with E-state index in [9.17, 15) is 4.79 Å². The van der Waals surface area contributed by atoms with Crippen molar-refractivity contribution < 1.29 is 4.79 Å². The molecule has 1 amide bonds. The van der Waals surface area contributed by atoms with Gasteiger partial charge in [-0.25, -0.2) is 0 Å². The second kappa shape index (κ2) is 4.97. The van der Waals surface area contributed by atoms with Crippen LogP contribution in [-0.2, 0) is 4.79 Å². The zero-order valence-electron chi connectivity index (χ0n) is 10.5. The molecule has 3 heteroatoms. The molecule has 15 heavy (non-hydrogen) atoms. The van der Waals surface area contributed by atoms with E-state index in [4.69, 9.17) is 0 Å². The summed E-state index contributed by atoms with van der Waals surface area (Å²) in [6.07, 6.45) is 2.17. The predicted octanol–water partition coefficient (Wildman–Crippen LogP) is 1.63. The minimum atomic E-state index is 0.133. The van der Waals surface area contributed by atoms with Gasteiger partial charge in [-0.15, -0.1) is 0 Å². The van der Waals surface area contributed by atoms with E-state index in [0.717, 1.165) is 32.5 Å². The van der Waals surface area contributed by atoms with Crippen LogP contribution in [0.5, 0.6) is 0 Å². The standard InChI is InChI=1S/C10H18N2O.C2H6/c1-10(2)4-6-12(7-10)9(13)8-3-5-11-8;1-2/h8,11H,3-7H2,1-2H3;1-2H3. The van der Waals surface area contributed by atoms with Gasteiger partial charge in [-0.05, 0) is 24.8 Å². The van der Waals surface area contributed by atoms with Crippen LogP contribution in [0.25, 0.3) is 0 Å². The molecule has 1 atom stereocenters. The molecule has 2 saturated heterocycles. The van der Waals surface area contributed by atoms with Gasteiger partial charge < -0.3 is 10.2 Å². The highest BCUT2D eigenvalue weighted by Gasteiger charge is 2.36. The minimum Gasteiger partial charge on any atom is -0.341 e. The maximum absolute atomic E-state index is 11.8. The van der Waals surface area contributed by atoms with Crippen LogP contribution in [0, 0.1) is 5.41 Å². The maximum atomic E-state index is 11.8. The normalized spacial score (nSPS) is 27.7. The summed E-state index contributed by atoms with van der Waals surface area (Å²) in [7, 11) is 0. The van der Waals surface area contributed by atoms with Crippen LogP contribution in [0.4, 0.5) is 0 Å². The van der Waals surface area contributed by atoms with Crippen molar-refractivity contribution in [2.24, 2.45) is 5.41 Å². The summed E-state index contributed by atoms with van der Waals surface area (Å²) in [6, 6.07) is 0.133. The fourth-order valence-electron chi connectivity index (χ4n) is 2.02. The van der Waals surface area contributed by atoms with Gasteiger partial charge in [0.1, 0.15) is 0 Å². The zero-order valence-corrected chi connectivity index (χ0v) is 10.5. The van der Waals surface area contributed by atoms with Crippen molar-refractivity contribution in [2.45, 2.75) is 46.6 Å². The number of nitrogens with one attached hydrogen (secondary N) is 1. The highest BCUT2D eigenvalue weighted by atomic mass is 16.2. The molecule has 2 fully saturated rings. The Kier molecular flexibility index (Phi) is 4.14. The lowest BCUT2D eigenvalue weighted by Crippen LogP contribution is -2.54. The predicted molar refractivity (Wildman–Crippen MR) is 62.7 cm³/mol. The molecule has 0 aliphatic carbocycles. The number of rotatable bonds is 1. The van der Waals surface area contributed by atoms with Crippen LogP contribution in [-0.4, -0.2) is 36.5 Å². The molecule has 2 aliphatic rings. The van der Waals surface area contributed by atoms with Gasteiger partial charge in [-0.2, -0.15) is 0 Å². The smallest absolute Gasteiger partial charge is 0.239 e. The fraction of sp³-hybridized carbons (Fsp3) is 0.917. The summed E-state index contributed by atoms with van der Waals surface area (Å²) in [4.78, 5) is 13.8. The fourth-order valence-corrected chi connectivity index (χ4v) is 2.02. The molecule has 0 spiro atoms.